The normalized spacial score (nSPS) is 21.1. The molecule has 0 aliphatic heterocycles. The van der Waals surface area contributed by atoms with Crippen LogP contribution >= 0.6 is 0 Å². The Hall–Kier alpha value is -0.530. The van der Waals surface area contributed by atoms with Crippen molar-refractivity contribution in [2.45, 2.75) is 24.4 Å². The van der Waals surface area contributed by atoms with Crippen LogP contribution in [0, 0.1) is 0 Å². The second kappa shape index (κ2) is 5.18. The summed E-state index contributed by atoms with van der Waals surface area (Å²) in [4.78, 5) is 9.90. The Morgan fingerprint density at radius 3 is 1.92 bits per heavy atom. The lowest BCUT2D eigenvalue weighted by molar-refractivity contribution is -0.136. The molecule has 6 nitrogen and oxygen atoms in total. The second-order valence-electron chi connectivity index (χ2n) is 2.36. The molecule has 0 aromatic heterocycles. The van der Waals surface area contributed by atoms with Gasteiger partial charge < -0.3 is 30.3 Å². The van der Waals surface area contributed by atoms with Crippen LogP contribution < -0.4 is 0 Å². The molecule has 0 heterocycles. The molecule has 5 N–H and O–H groups in total. The molecule has 0 saturated heterocycles. The van der Waals surface area contributed by atoms with Crippen LogP contribution in [-0.4, -0.2) is 62.8 Å². The van der Waals surface area contributed by atoms with Gasteiger partial charge in [0.25, 0.3) is 0 Å². The van der Waals surface area contributed by atoms with Crippen LogP contribution in [0.5, 0.6) is 0 Å². The summed E-state index contributed by atoms with van der Waals surface area (Å²) < 4.78 is 0. The van der Waals surface area contributed by atoms with E-state index in [1.807, 2.05) is 0 Å². The van der Waals surface area contributed by atoms with E-state index in [0.29, 0.717) is 0 Å². The van der Waals surface area contributed by atoms with Crippen molar-refractivity contribution >= 4 is 6.29 Å². The molecule has 4 atom stereocenters. The van der Waals surface area contributed by atoms with Crippen LogP contribution in [0.1, 0.15) is 0 Å². The Morgan fingerprint density at radius 1 is 1.08 bits per heavy atom. The molecule has 0 aromatic rings. The number of hydrogen-bond donors (Lipinski definition) is 5. The van der Waals surface area contributed by atoms with Crippen molar-refractivity contribution in [3.63, 3.8) is 0 Å². The molecule has 0 rings (SSSR count). The lowest BCUT2D eigenvalue weighted by atomic mass is 10.1. The number of aliphatic hydroxyl groups is 5. The topological polar surface area (TPSA) is 118 Å². The summed E-state index contributed by atoms with van der Waals surface area (Å²) in [5.74, 6) is 0. The minimum Gasteiger partial charge on any atom is -0.394 e. The van der Waals surface area contributed by atoms with E-state index < -0.39 is 31.0 Å². The maximum atomic E-state index is 9.90. The van der Waals surface area contributed by atoms with Gasteiger partial charge in [-0.25, -0.2) is 0 Å². The summed E-state index contributed by atoms with van der Waals surface area (Å²) in [6, 6.07) is 0. The fraction of sp³-hybridized carbons (Fsp3) is 0.833. The maximum Gasteiger partial charge on any atom is 0.151 e. The third-order valence-corrected chi connectivity index (χ3v) is 1.42. The minimum absolute atomic E-state index is 0.0258. The van der Waals surface area contributed by atoms with E-state index >= 15 is 0 Å². The molecule has 0 aliphatic carbocycles. The van der Waals surface area contributed by atoms with E-state index in [9.17, 15) is 4.79 Å². The summed E-state index contributed by atoms with van der Waals surface area (Å²) in [5.41, 5.74) is 0. The highest BCUT2D eigenvalue weighted by molar-refractivity contribution is 5.56. The molecular formula is C6H12O6. The Morgan fingerprint density at radius 2 is 1.58 bits per heavy atom. The number of carbonyl (C=O) groups excluding carboxylic acids is 1. The van der Waals surface area contributed by atoms with Crippen LogP contribution in [0.3, 0.4) is 0 Å². The molecule has 0 aromatic carbocycles. The van der Waals surface area contributed by atoms with Crippen LogP contribution in [0.2, 0.25) is 0 Å². The molecule has 0 fully saturated rings. The predicted molar refractivity (Wildman–Crippen MR) is 37.2 cm³/mol. The molecule has 0 unspecified atom stereocenters. The van der Waals surface area contributed by atoms with Gasteiger partial charge in [-0.2, -0.15) is 0 Å². The third kappa shape index (κ3) is 2.84. The van der Waals surface area contributed by atoms with Crippen LogP contribution in [0.4, 0.5) is 0 Å². The quantitative estimate of drug-likeness (QED) is 0.223. The molecule has 0 amide bonds. The zero-order valence-electron chi connectivity index (χ0n) is 6.24. The van der Waals surface area contributed by atoms with Gasteiger partial charge >= 0.3 is 0 Å². The zero-order valence-corrected chi connectivity index (χ0v) is 6.24. The van der Waals surface area contributed by atoms with Gasteiger partial charge in [0, 0.05) is 0 Å². The van der Waals surface area contributed by atoms with Crippen LogP contribution in [0.25, 0.3) is 0 Å². The Bertz CT molecular complexity index is 138. The lowest BCUT2D eigenvalue weighted by Crippen LogP contribution is -2.46. The van der Waals surface area contributed by atoms with Crippen molar-refractivity contribution in [1.82, 2.24) is 0 Å². The number of aliphatic hydroxyl groups excluding tert-OH is 5. The largest absolute Gasteiger partial charge is 0.394 e. The Balaban J connectivity index is 4.07. The average Bonchev–Trinajstić information content (AvgIpc) is 2.12. The first-order chi connectivity index (χ1) is 5.54. The fourth-order valence-corrected chi connectivity index (χ4v) is 0.618. The van der Waals surface area contributed by atoms with E-state index in [4.69, 9.17) is 25.5 Å². The fourth-order valence-electron chi connectivity index (χ4n) is 0.618. The van der Waals surface area contributed by atoms with Crippen LogP contribution in [0.15, 0.2) is 0 Å². The van der Waals surface area contributed by atoms with E-state index in [0.717, 1.165) is 0 Å². The smallest absolute Gasteiger partial charge is 0.151 e. The molecule has 12 heavy (non-hydrogen) atoms. The lowest BCUT2D eigenvalue weighted by Gasteiger charge is -2.22. The summed E-state index contributed by atoms with van der Waals surface area (Å²) in [6.45, 7) is -0.760. The molecule has 0 bridgehead atoms. The number of hydrogen-bond acceptors (Lipinski definition) is 6. The van der Waals surface area contributed by atoms with Crippen molar-refractivity contribution in [2.75, 3.05) is 6.61 Å². The highest BCUT2D eigenvalue weighted by Gasteiger charge is 2.29. The predicted octanol–water partition coefficient (Wildman–Crippen LogP) is -3.38. The zero-order chi connectivity index (χ0) is 9.72. The van der Waals surface area contributed by atoms with Gasteiger partial charge in [-0.1, -0.05) is 0 Å². The summed E-state index contributed by atoms with van der Waals surface area (Å²) in [5, 5.41) is 43.5. The summed E-state index contributed by atoms with van der Waals surface area (Å²) >= 11 is 0. The molecular weight excluding hydrogens is 169 g/mol. The highest BCUT2D eigenvalue weighted by atomic mass is 16.4. The first kappa shape index (κ1) is 11.5. The number of carbonyl (C=O) groups is 1. The van der Waals surface area contributed by atoms with E-state index in [1.165, 1.54) is 0 Å². The van der Waals surface area contributed by atoms with Crippen molar-refractivity contribution in [2.24, 2.45) is 0 Å². The van der Waals surface area contributed by atoms with Gasteiger partial charge in [0.05, 0.1) is 6.61 Å². The highest BCUT2D eigenvalue weighted by Crippen LogP contribution is 2.02. The van der Waals surface area contributed by atoms with Gasteiger partial charge in [-0.15, -0.1) is 0 Å². The molecule has 0 saturated carbocycles. The number of rotatable bonds is 5. The molecule has 72 valence electrons. The third-order valence-electron chi connectivity index (χ3n) is 1.42. The van der Waals surface area contributed by atoms with Gasteiger partial charge in [0.1, 0.15) is 24.4 Å². The second-order valence-corrected chi connectivity index (χ2v) is 2.36. The van der Waals surface area contributed by atoms with Gasteiger partial charge in [0.2, 0.25) is 0 Å². The van der Waals surface area contributed by atoms with E-state index in [-0.39, 0.29) is 6.29 Å². The first-order valence-electron chi connectivity index (χ1n) is 3.33. The SMILES string of the molecule is O=C[C@H](O)[C@H](O)[C@H](O)[C@@H](O)[13CH2]O. The van der Waals surface area contributed by atoms with E-state index in [1.54, 1.807) is 0 Å². The van der Waals surface area contributed by atoms with Crippen molar-refractivity contribution in [3.05, 3.63) is 0 Å². The monoisotopic (exact) mass is 181 g/mol. The average molecular weight is 181 g/mol. The molecule has 0 radical (unpaired) electrons. The van der Waals surface area contributed by atoms with E-state index in [2.05, 4.69) is 0 Å². The first-order valence-corrected chi connectivity index (χ1v) is 3.33. The molecule has 0 spiro atoms. The van der Waals surface area contributed by atoms with Gasteiger partial charge in [-0.3, -0.25) is 0 Å². The Labute approximate surface area is 68.7 Å². The molecule has 6 heteroatoms. The van der Waals surface area contributed by atoms with Crippen molar-refractivity contribution in [3.8, 4) is 0 Å². The number of aldehydes is 1. The van der Waals surface area contributed by atoms with Gasteiger partial charge in [-0.05, 0) is 0 Å². The maximum absolute atomic E-state index is 9.90. The minimum atomic E-state index is -1.79. The molecule has 0 aliphatic rings. The van der Waals surface area contributed by atoms with Crippen molar-refractivity contribution < 1.29 is 30.3 Å². The standard InChI is InChI=1S/C6H12O6/c7-1-3(9)5(11)6(12)4(10)2-8/h1,3-6,8-12H,2H2/t3-,4-,5-,6+/m0/s1/i2+1. The van der Waals surface area contributed by atoms with Crippen LogP contribution in [-0.2, 0) is 4.79 Å². The Kier molecular flexibility index (Phi) is 4.95. The van der Waals surface area contributed by atoms with Crippen molar-refractivity contribution in [1.29, 1.82) is 0 Å². The summed E-state index contributed by atoms with van der Waals surface area (Å²) in [7, 11) is 0. The summed E-state index contributed by atoms with van der Waals surface area (Å²) in [6.07, 6.45) is -6.84. The van der Waals surface area contributed by atoms with Gasteiger partial charge in [0.15, 0.2) is 6.29 Å².